The van der Waals surface area contributed by atoms with Crippen LogP contribution in [0.3, 0.4) is 0 Å². The van der Waals surface area contributed by atoms with Gasteiger partial charge in [0.05, 0.1) is 5.56 Å². The van der Waals surface area contributed by atoms with Crippen LogP contribution in [0.15, 0.2) is 24.3 Å². The molecule has 0 heterocycles. The van der Waals surface area contributed by atoms with Gasteiger partial charge in [-0.25, -0.2) is 0 Å². The summed E-state index contributed by atoms with van der Waals surface area (Å²) in [5.74, 6) is -0.428. The molecule has 5 N–H and O–H groups in total. The molecule has 0 aliphatic heterocycles. The quantitative estimate of drug-likeness (QED) is 0.672. The van der Waals surface area contributed by atoms with Crippen molar-refractivity contribution in [3.8, 4) is 0 Å². The predicted molar refractivity (Wildman–Crippen MR) is 61.7 cm³/mol. The lowest BCUT2D eigenvalue weighted by molar-refractivity contribution is 0.100. The maximum atomic E-state index is 11.1. The highest BCUT2D eigenvalue weighted by Gasteiger charge is 2.07. The highest BCUT2D eigenvalue weighted by Crippen LogP contribution is 2.13. The van der Waals surface area contributed by atoms with Crippen LogP contribution >= 0.6 is 0 Å². The van der Waals surface area contributed by atoms with Crippen molar-refractivity contribution in [1.82, 2.24) is 0 Å². The van der Waals surface area contributed by atoms with Crippen molar-refractivity contribution < 1.29 is 4.79 Å². The van der Waals surface area contributed by atoms with Crippen molar-refractivity contribution in [1.29, 1.82) is 0 Å². The van der Waals surface area contributed by atoms with Crippen molar-refractivity contribution in [2.75, 3.05) is 11.9 Å². The van der Waals surface area contributed by atoms with Crippen LogP contribution in [0, 0.1) is 0 Å². The summed E-state index contributed by atoms with van der Waals surface area (Å²) in [6.45, 7) is 2.66. The van der Waals surface area contributed by atoms with Gasteiger partial charge in [0.1, 0.15) is 0 Å². The zero-order chi connectivity index (χ0) is 11.3. The second kappa shape index (κ2) is 5.36. The highest BCUT2D eigenvalue weighted by molar-refractivity contribution is 5.98. The van der Waals surface area contributed by atoms with Crippen LogP contribution in [0.1, 0.15) is 23.7 Å². The fourth-order valence-electron chi connectivity index (χ4n) is 1.24. The van der Waals surface area contributed by atoms with Gasteiger partial charge in [0.2, 0.25) is 0 Å². The number of anilines is 1. The first-order valence-electron chi connectivity index (χ1n) is 5.03. The van der Waals surface area contributed by atoms with Gasteiger partial charge in [0, 0.05) is 18.3 Å². The van der Waals surface area contributed by atoms with Crippen LogP contribution < -0.4 is 16.8 Å². The second-order valence-corrected chi connectivity index (χ2v) is 3.46. The highest BCUT2D eigenvalue weighted by atomic mass is 16.1. The third kappa shape index (κ3) is 3.25. The van der Waals surface area contributed by atoms with Gasteiger partial charge in [0.25, 0.3) is 5.91 Å². The van der Waals surface area contributed by atoms with Gasteiger partial charge in [-0.3, -0.25) is 4.79 Å². The topological polar surface area (TPSA) is 81.1 Å². The number of hydrogen-bond acceptors (Lipinski definition) is 3. The van der Waals surface area contributed by atoms with E-state index in [4.69, 9.17) is 11.5 Å². The zero-order valence-corrected chi connectivity index (χ0v) is 8.86. The van der Waals surface area contributed by atoms with Crippen molar-refractivity contribution in [2.45, 2.75) is 19.4 Å². The number of nitrogens with one attached hydrogen (secondary N) is 1. The average Bonchev–Trinajstić information content (AvgIpc) is 2.26. The molecule has 82 valence electrons. The van der Waals surface area contributed by atoms with Gasteiger partial charge in [0.15, 0.2) is 0 Å². The van der Waals surface area contributed by atoms with Gasteiger partial charge < -0.3 is 16.8 Å². The summed E-state index contributed by atoms with van der Waals surface area (Å²) in [6, 6.07) is 7.24. The molecule has 0 fully saturated rings. The third-order valence-corrected chi connectivity index (χ3v) is 2.27. The van der Waals surface area contributed by atoms with E-state index in [1.165, 1.54) is 0 Å². The minimum Gasteiger partial charge on any atom is -0.383 e. The summed E-state index contributed by atoms with van der Waals surface area (Å²) in [5, 5.41) is 3.12. The van der Waals surface area contributed by atoms with Crippen molar-refractivity contribution >= 4 is 11.6 Å². The summed E-state index contributed by atoms with van der Waals surface area (Å²) in [7, 11) is 0. The van der Waals surface area contributed by atoms with E-state index in [1.807, 2.05) is 19.1 Å². The molecule has 0 spiro atoms. The normalized spacial score (nSPS) is 12.1. The zero-order valence-electron chi connectivity index (χ0n) is 8.86. The molecule has 0 aliphatic rings. The summed E-state index contributed by atoms with van der Waals surface area (Å²) < 4.78 is 0. The van der Waals surface area contributed by atoms with E-state index in [9.17, 15) is 4.79 Å². The Balaban J connectivity index is 2.72. The summed E-state index contributed by atoms with van der Waals surface area (Å²) in [4.78, 5) is 11.1. The molecular weight excluding hydrogens is 190 g/mol. The molecule has 0 aromatic heterocycles. The van der Waals surface area contributed by atoms with Crippen LogP contribution in [-0.2, 0) is 0 Å². The monoisotopic (exact) mass is 207 g/mol. The number of carbonyl (C=O) groups is 1. The number of rotatable bonds is 5. The molecule has 1 amide bonds. The number of para-hydroxylation sites is 1. The molecule has 4 heteroatoms. The number of amides is 1. The molecule has 0 saturated heterocycles. The Morgan fingerprint density at radius 3 is 2.73 bits per heavy atom. The number of nitrogens with two attached hydrogens (primary N) is 2. The van der Waals surface area contributed by atoms with Gasteiger partial charge in [-0.15, -0.1) is 0 Å². The molecule has 0 bridgehead atoms. The fraction of sp³-hybridized carbons (Fsp3) is 0.364. The fourth-order valence-corrected chi connectivity index (χ4v) is 1.24. The SMILES string of the molecule is CCC(N)CNc1ccccc1C(N)=O. The lowest BCUT2D eigenvalue weighted by Gasteiger charge is -2.13. The van der Waals surface area contributed by atoms with Crippen LogP contribution in [0.25, 0.3) is 0 Å². The van der Waals surface area contributed by atoms with E-state index in [0.717, 1.165) is 12.1 Å². The Morgan fingerprint density at radius 2 is 2.13 bits per heavy atom. The molecule has 1 unspecified atom stereocenters. The van der Waals surface area contributed by atoms with E-state index in [2.05, 4.69) is 5.32 Å². The van der Waals surface area contributed by atoms with Crippen molar-refractivity contribution in [3.05, 3.63) is 29.8 Å². The molecule has 1 aromatic rings. The molecule has 1 rings (SSSR count). The first-order chi connectivity index (χ1) is 7.15. The Kier molecular flexibility index (Phi) is 4.12. The number of benzene rings is 1. The first-order valence-corrected chi connectivity index (χ1v) is 5.03. The molecule has 1 aromatic carbocycles. The summed E-state index contributed by atoms with van der Waals surface area (Å²) in [6.07, 6.45) is 0.895. The van der Waals surface area contributed by atoms with Crippen LogP contribution in [0.4, 0.5) is 5.69 Å². The van der Waals surface area contributed by atoms with Gasteiger partial charge in [-0.2, -0.15) is 0 Å². The standard InChI is InChI=1S/C11H17N3O/c1-2-8(12)7-14-10-6-4-3-5-9(10)11(13)15/h3-6,8,14H,2,7,12H2,1H3,(H2,13,15). The molecular formula is C11H17N3O. The molecule has 15 heavy (non-hydrogen) atoms. The maximum absolute atomic E-state index is 11.1. The summed E-state index contributed by atoms with van der Waals surface area (Å²) >= 11 is 0. The second-order valence-electron chi connectivity index (χ2n) is 3.46. The lowest BCUT2D eigenvalue weighted by atomic mass is 10.1. The Morgan fingerprint density at radius 1 is 1.47 bits per heavy atom. The van der Waals surface area contributed by atoms with E-state index in [-0.39, 0.29) is 6.04 Å². The number of carbonyl (C=O) groups excluding carboxylic acids is 1. The lowest BCUT2D eigenvalue weighted by Crippen LogP contribution is -2.28. The predicted octanol–water partition coefficient (Wildman–Crippen LogP) is 0.935. The average molecular weight is 207 g/mol. The minimum absolute atomic E-state index is 0.0888. The molecule has 0 aliphatic carbocycles. The number of hydrogen-bond donors (Lipinski definition) is 3. The number of primary amides is 1. The van der Waals surface area contributed by atoms with Crippen molar-refractivity contribution in [3.63, 3.8) is 0 Å². The third-order valence-electron chi connectivity index (χ3n) is 2.27. The van der Waals surface area contributed by atoms with Crippen LogP contribution in [-0.4, -0.2) is 18.5 Å². The van der Waals surface area contributed by atoms with Gasteiger partial charge in [-0.1, -0.05) is 19.1 Å². The Bertz CT molecular complexity index is 338. The van der Waals surface area contributed by atoms with E-state index < -0.39 is 5.91 Å². The van der Waals surface area contributed by atoms with Gasteiger partial charge in [-0.05, 0) is 18.6 Å². The molecule has 0 radical (unpaired) electrons. The Labute approximate surface area is 89.6 Å². The van der Waals surface area contributed by atoms with Crippen molar-refractivity contribution in [2.24, 2.45) is 11.5 Å². The minimum atomic E-state index is -0.428. The van der Waals surface area contributed by atoms with E-state index in [1.54, 1.807) is 12.1 Å². The van der Waals surface area contributed by atoms with Crippen LogP contribution in [0.2, 0.25) is 0 Å². The smallest absolute Gasteiger partial charge is 0.250 e. The maximum Gasteiger partial charge on any atom is 0.250 e. The first kappa shape index (κ1) is 11.5. The van der Waals surface area contributed by atoms with E-state index >= 15 is 0 Å². The summed E-state index contributed by atoms with van der Waals surface area (Å²) in [5.41, 5.74) is 12.3. The molecule has 0 saturated carbocycles. The van der Waals surface area contributed by atoms with Crippen LogP contribution in [0.5, 0.6) is 0 Å². The molecule has 4 nitrogen and oxygen atoms in total. The van der Waals surface area contributed by atoms with E-state index in [0.29, 0.717) is 12.1 Å². The van der Waals surface area contributed by atoms with Gasteiger partial charge >= 0.3 is 0 Å². The largest absolute Gasteiger partial charge is 0.383 e. The Hall–Kier alpha value is -1.55. The molecule has 1 atom stereocenters.